The first-order valence-electron chi connectivity index (χ1n) is 9.38. The second-order valence-electron chi connectivity index (χ2n) is 7.04. The van der Waals surface area contributed by atoms with E-state index < -0.39 is 12.0 Å². The third-order valence-corrected chi connectivity index (χ3v) is 5.25. The molecule has 142 valence electrons. The number of piperidine rings is 1. The SMILES string of the molecule is C=C[C@H](CC(=O)O)N1CCN(CCCC2=CC=C3CCCNC3N2)C1=O. The molecule has 26 heavy (non-hydrogen) atoms. The highest BCUT2D eigenvalue weighted by Crippen LogP contribution is 2.21. The van der Waals surface area contributed by atoms with E-state index in [0.717, 1.165) is 25.8 Å². The number of carbonyl (C=O) groups is 2. The van der Waals surface area contributed by atoms with E-state index in [0.29, 0.717) is 19.6 Å². The van der Waals surface area contributed by atoms with Crippen LogP contribution in [0.1, 0.15) is 32.1 Å². The second kappa shape index (κ2) is 8.40. The molecule has 3 heterocycles. The number of nitrogens with zero attached hydrogens (tertiary/aromatic N) is 2. The van der Waals surface area contributed by atoms with Crippen molar-refractivity contribution >= 4 is 12.0 Å². The number of rotatable bonds is 8. The molecule has 0 saturated carbocycles. The fraction of sp³-hybridized carbons (Fsp3) is 0.579. The molecule has 3 aliphatic rings. The fourth-order valence-electron chi connectivity index (χ4n) is 3.81. The monoisotopic (exact) mass is 360 g/mol. The lowest BCUT2D eigenvalue weighted by atomic mass is 9.99. The first-order chi connectivity index (χ1) is 12.6. The number of fused-ring (bicyclic) bond motifs is 1. The van der Waals surface area contributed by atoms with Gasteiger partial charge >= 0.3 is 12.0 Å². The maximum Gasteiger partial charge on any atom is 0.320 e. The van der Waals surface area contributed by atoms with Crippen LogP contribution in [0.2, 0.25) is 0 Å². The smallest absolute Gasteiger partial charge is 0.320 e. The number of urea groups is 1. The maximum absolute atomic E-state index is 12.5. The molecule has 0 spiro atoms. The van der Waals surface area contributed by atoms with Crippen molar-refractivity contribution in [1.82, 2.24) is 20.4 Å². The van der Waals surface area contributed by atoms with Crippen molar-refractivity contribution in [3.63, 3.8) is 0 Å². The standard InChI is InChI=1S/C19H28N4O3/c1-2-16(13-17(24)25)23-12-11-22(19(23)26)10-4-6-15-8-7-14-5-3-9-20-18(14)21-15/h2,7-8,16,18,20-21H,1,3-6,9-13H2,(H,24,25)/t16-,18?/m1/s1. The zero-order valence-electron chi connectivity index (χ0n) is 15.1. The Morgan fingerprint density at radius 2 is 2.27 bits per heavy atom. The quantitative estimate of drug-likeness (QED) is 0.573. The van der Waals surface area contributed by atoms with Crippen LogP contribution in [-0.4, -0.2) is 65.3 Å². The van der Waals surface area contributed by atoms with Gasteiger partial charge in [-0.3, -0.25) is 10.1 Å². The molecule has 2 amide bonds. The lowest BCUT2D eigenvalue weighted by Crippen LogP contribution is -2.47. The number of allylic oxidation sites excluding steroid dienone is 3. The molecule has 0 radical (unpaired) electrons. The largest absolute Gasteiger partial charge is 0.481 e. The van der Waals surface area contributed by atoms with Gasteiger partial charge in [0, 0.05) is 25.3 Å². The number of amides is 2. The van der Waals surface area contributed by atoms with E-state index >= 15 is 0 Å². The number of carboxylic acids is 1. The van der Waals surface area contributed by atoms with Crippen molar-refractivity contribution in [1.29, 1.82) is 0 Å². The highest BCUT2D eigenvalue weighted by Gasteiger charge is 2.33. The summed E-state index contributed by atoms with van der Waals surface area (Å²) >= 11 is 0. The lowest BCUT2D eigenvalue weighted by Gasteiger charge is -2.32. The summed E-state index contributed by atoms with van der Waals surface area (Å²) in [5.74, 6) is -0.916. The van der Waals surface area contributed by atoms with Crippen LogP contribution >= 0.6 is 0 Å². The van der Waals surface area contributed by atoms with Gasteiger partial charge in [0.25, 0.3) is 0 Å². The van der Waals surface area contributed by atoms with Gasteiger partial charge in [-0.25, -0.2) is 4.79 Å². The zero-order valence-corrected chi connectivity index (χ0v) is 15.1. The number of carboxylic acid groups (broad SMARTS) is 1. The van der Waals surface area contributed by atoms with Crippen molar-refractivity contribution < 1.29 is 14.7 Å². The number of hydrogen-bond donors (Lipinski definition) is 3. The summed E-state index contributed by atoms with van der Waals surface area (Å²) in [5.41, 5.74) is 2.62. The van der Waals surface area contributed by atoms with Gasteiger partial charge in [-0.15, -0.1) is 6.58 Å². The van der Waals surface area contributed by atoms with Crippen molar-refractivity contribution in [3.8, 4) is 0 Å². The molecule has 0 aromatic rings. The van der Waals surface area contributed by atoms with Crippen LogP contribution in [0.15, 0.2) is 36.1 Å². The summed E-state index contributed by atoms with van der Waals surface area (Å²) in [4.78, 5) is 26.9. The van der Waals surface area contributed by atoms with Gasteiger partial charge < -0.3 is 20.2 Å². The Morgan fingerprint density at radius 1 is 1.42 bits per heavy atom. The number of dihydropyridines is 1. The van der Waals surface area contributed by atoms with Crippen LogP contribution in [-0.2, 0) is 4.79 Å². The van der Waals surface area contributed by atoms with Crippen LogP contribution < -0.4 is 10.6 Å². The van der Waals surface area contributed by atoms with Gasteiger partial charge in [0.15, 0.2) is 0 Å². The van der Waals surface area contributed by atoms with E-state index in [1.54, 1.807) is 11.0 Å². The predicted molar refractivity (Wildman–Crippen MR) is 99.5 cm³/mol. The van der Waals surface area contributed by atoms with E-state index in [1.807, 2.05) is 4.90 Å². The minimum atomic E-state index is -0.916. The summed E-state index contributed by atoms with van der Waals surface area (Å²) in [6.07, 6.45) is 10.2. The van der Waals surface area contributed by atoms with Crippen molar-refractivity contribution in [2.45, 2.75) is 44.3 Å². The van der Waals surface area contributed by atoms with Crippen LogP contribution in [0.5, 0.6) is 0 Å². The number of hydrogen-bond acceptors (Lipinski definition) is 4. The summed E-state index contributed by atoms with van der Waals surface area (Å²) in [7, 11) is 0. The van der Waals surface area contributed by atoms with Gasteiger partial charge in [0.05, 0.1) is 18.6 Å². The van der Waals surface area contributed by atoms with Crippen LogP contribution in [0.25, 0.3) is 0 Å². The predicted octanol–water partition coefficient (Wildman–Crippen LogP) is 1.66. The lowest BCUT2D eigenvalue weighted by molar-refractivity contribution is -0.137. The van der Waals surface area contributed by atoms with Crippen LogP contribution in [0.3, 0.4) is 0 Å². The van der Waals surface area contributed by atoms with Crippen molar-refractivity contribution in [3.05, 3.63) is 36.1 Å². The first-order valence-corrected chi connectivity index (χ1v) is 9.38. The van der Waals surface area contributed by atoms with E-state index in [4.69, 9.17) is 5.11 Å². The molecule has 3 aliphatic heterocycles. The summed E-state index contributed by atoms with van der Waals surface area (Å²) in [6.45, 7) is 6.59. The summed E-state index contributed by atoms with van der Waals surface area (Å²) in [5, 5.41) is 16.0. The van der Waals surface area contributed by atoms with E-state index in [-0.39, 0.29) is 18.6 Å². The van der Waals surface area contributed by atoms with Crippen molar-refractivity contribution in [2.24, 2.45) is 0 Å². The first kappa shape index (κ1) is 18.5. The molecule has 0 aromatic heterocycles. The highest BCUT2D eigenvalue weighted by molar-refractivity contribution is 5.78. The Hall–Kier alpha value is -2.28. The number of carbonyl (C=O) groups excluding carboxylic acids is 1. The van der Waals surface area contributed by atoms with Crippen LogP contribution in [0, 0.1) is 0 Å². The molecule has 3 N–H and O–H groups in total. The molecular formula is C19H28N4O3. The average molecular weight is 360 g/mol. The second-order valence-corrected chi connectivity index (χ2v) is 7.04. The number of aliphatic carboxylic acids is 1. The normalized spacial score (nSPS) is 23.7. The van der Waals surface area contributed by atoms with E-state index in [2.05, 4.69) is 29.4 Å². The molecule has 7 nitrogen and oxygen atoms in total. The molecule has 2 atom stereocenters. The van der Waals surface area contributed by atoms with Gasteiger partial charge in [0.1, 0.15) is 0 Å². The molecule has 0 bridgehead atoms. The Balaban J connectivity index is 1.46. The minimum absolute atomic E-state index is 0.0853. The maximum atomic E-state index is 12.5. The Kier molecular flexibility index (Phi) is 5.98. The third kappa shape index (κ3) is 4.27. The third-order valence-electron chi connectivity index (χ3n) is 5.25. The van der Waals surface area contributed by atoms with Gasteiger partial charge in [-0.05, 0) is 43.9 Å². The fourth-order valence-corrected chi connectivity index (χ4v) is 3.81. The average Bonchev–Trinajstić information content (AvgIpc) is 3.00. The van der Waals surface area contributed by atoms with Crippen molar-refractivity contribution in [2.75, 3.05) is 26.2 Å². The topological polar surface area (TPSA) is 84.9 Å². The molecule has 2 saturated heterocycles. The molecule has 1 unspecified atom stereocenters. The van der Waals surface area contributed by atoms with E-state index in [1.165, 1.54) is 17.7 Å². The van der Waals surface area contributed by atoms with Crippen LogP contribution in [0.4, 0.5) is 4.79 Å². The number of nitrogens with one attached hydrogen (secondary N) is 2. The minimum Gasteiger partial charge on any atom is -0.481 e. The zero-order chi connectivity index (χ0) is 18.5. The van der Waals surface area contributed by atoms with Gasteiger partial charge in [-0.2, -0.15) is 0 Å². The Morgan fingerprint density at radius 3 is 3.04 bits per heavy atom. The molecule has 0 aliphatic carbocycles. The van der Waals surface area contributed by atoms with E-state index in [9.17, 15) is 9.59 Å². The Labute approximate surface area is 154 Å². The molecule has 7 heteroatoms. The molecular weight excluding hydrogens is 332 g/mol. The summed E-state index contributed by atoms with van der Waals surface area (Å²) < 4.78 is 0. The Bertz CT molecular complexity index is 628. The summed E-state index contributed by atoms with van der Waals surface area (Å²) in [6, 6.07) is -0.522. The molecule has 2 fully saturated rings. The molecule has 0 aromatic carbocycles. The highest BCUT2D eigenvalue weighted by atomic mass is 16.4. The molecule has 3 rings (SSSR count). The van der Waals surface area contributed by atoms with Gasteiger partial charge in [-0.1, -0.05) is 12.2 Å². The van der Waals surface area contributed by atoms with Gasteiger partial charge in [0.2, 0.25) is 0 Å².